The number of amidine groups is 1. The number of para-hydroxylation sites is 1. The molecule has 0 spiro atoms. The molecule has 0 saturated carbocycles. The zero-order valence-electron chi connectivity index (χ0n) is 21.5. The molecule has 0 bridgehead atoms. The first kappa shape index (κ1) is 21.5. The van der Waals surface area contributed by atoms with Gasteiger partial charge in [-0.15, -0.1) is 4.68 Å². The molecule has 8 rings (SSSR count). The number of benzene rings is 5. The number of nitrogens with one attached hydrogen (secondary N) is 1. The lowest BCUT2D eigenvalue weighted by Gasteiger charge is -2.31. The normalized spacial score (nSPS) is 17.3. The second-order valence-electron chi connectivity index (χ2n) is 10.9. The van der Waals surface area contributed by atoms with Crippen molar-refractivity contribution in [3.63, 3.8) is 0 Å². The van der Waals surface area contributed by atoms with Gasteiger partial charge in [0.05, 0.1) is 16.6 Å². The van der Waals surface area contributed by atoms with Gasteiger partial charge in [0.1, 0.15) is 0 Å². The van der Waals surface area contributed by atoms with Crippen molar-refractivity contribution < 1.29 is 4.68 Å². The smallest absolute Gasteiger partial charge is 0.226 e. The third-order valence-electron chi connectivity index (χ3n) is 8.45. The maximum absolute atomic E-state index is 3.81. The number of hydrogen-bond acceptors (Lipinski definition) is 1. The number of fused-ring (bicyclic) bond motifs is 7. The second kappa shape index (κ2) is 7.69. The molecule has 1 aliphatic carbocycles. The summed E-state index contributed by atoms with van der Waals surface area (Å²) in [6.07, 6.45) is 0.0214. The predicted octanol–water partition coefficient (Wildman–Crippen LogP) is 7.63. The van der Waals surface area contributed by atoms with Gasteiger partial charge in [-0.25, -0.2) is 5.32 Å². The molecule has 0 fully saturated rings. The zero-order chi connectivity index (χ0) is 25.4. The van der Waals surface area contributed by atoms with Crippen molar-refractivity contribution >= 4 is 27.6 Å². The summed E-state index contributed by atoms with van der Waals surface area (Å²) in [5.41, 5.74) is 10.3. The Balaban J connectivity index is 1.53. The zero-order valence-corrected chi connectivity index (χ0v) is 21.5. The van der Waals surface area contributed by atoms with Crippen LogP contribution in [0.3, 0.4) is 0 Å². The molecule has 3 nitrogen and oxygen atoms in total. The van der Waals surface area contributed by atoms with Gasteiger partial charge < -0.3 is 0 Å². The number of rotatable bonds is 3. The highest BCUT2D eigenvalue weighted by Gasteiger charge is 2.45. The second-order valence-corrected chi connectivity index (χ2v) is 10.9. The lowest BCUT2D eigenvalue weighted by molar-refractivity contribution is -0.652. The fourth-order valence-corrected chi connectivity index (χ4v) is 6.72. The maximum atomic E-state index is 3.81. The molecule has 38 heavy (non-hydrogen) atoms. The minimum Gasteiger partial charge on any atom is -0.226 e. The van der Waals surface area contributed by atoms with Gasteiger partial charge in [-0.05, 0) is 40.5 Å². The third-order valence-corrected chi connectivity index (χ3v) is 8.45. The maximum Gasteiger partial charge on any atom is 0.308 e. The Hall–Kier alpha value is -4.63. The first-order chi connectivity index (χ1) is 18.6. The summed E-state index contributed by atoms with van der Waals surface area (Å²) in [5.74, 6) is 1.12. The molecule has 1 N–H and O–H groups in total. The van der Waals surface area contributed by atoms with Crippen molar-refractivity contribution in [3.05, 3.63) is 144 Å². The molecule has 6 aromatic rings. The molecule has 2 heterocycles. The minimum absolute atomic E-state index is 0.0214. The van der Waals surface area contributed by atoms with Crippen LogP contribution in [-0.4, -0.2) is 15.2 Å². The largest absolute Gasteiger partial charge is 0.308 e. The van der Waals surface area contributed by atoms with Gasteiger partial charge in [0.25, 0.3) is 6.17 Å². The molecule has 1 aliphatic heterocycles. The van der Waals surface area contributed by atoms with Crippen LogP contribution in [0, 0.1) is 0 Å². The van der Waals surface area contributed by atoms with E-state index in [9.17, 15) is 0 Å². The Morgan fingerprint density at radius 2 is 1.34 bits per heavy atom. The highest BCUT2D eigenvalue weighted by molar-refractivity contribution is 6.12. The first-order valence-electron chi connectivity index (χ1n) is 13.3. The molecule has 1 unspecified atom stereocenters. The van der Waals surface area contributed by atoms with Crippen LogP contribution in [0.25, 0.3) is 32.9 Å². The van der Waals surface area contributed by atoms with Gasteiger partial charge in [0.15, 0.2) is 0 Å². The molecule has 2 aliphatic rings. The van der Waals surface area contributed by atoms with Gasteiger partial charge in [-0.1, -0.05) is 117 Å². The molecule has 0 radical (unpaired) electrons. The monoisotopic (exact) mass is 490 g/mol. The topological polar surface area (TPSA) is 20.0 Å². The van der Waals surface area contributed by atoms with E-state index in [0.29, 0.717) is 0 Å². The van der Waals surface area contributed by atoms with E-state index in [0.717, 1.165) is 5.84 Å². The molecule has 0 saturated heterocycles. The Morgan fingerprint density at radius 1 is 0.658 bits per heavy atom. The van der Waals surface area contributed by atoms with Gasteiger partial charge in [-0.3, -0.25) is 0 Å². The molecule has 1 atom stereocenters. The summed E-state index contributed by atoms with van der Waals surface area (Å²) in [4.78, 5) is 0. The van der Waals surface area contributed by atoms with Crippen LogP contribution >= 0.6 is 0 Å². The highest BCUT2D eigenvalue weighted by Crippen LogP contribution is 2.52. The summed E-state index contributed by atoms with van der Waals surface area (Å²) in [6, 6.07) is 43.9. The van der Waals surface area contributed by atoms with Gasteiger partial charge in [0.2, 0.25) is 0 Å². The lowest BCUT2D eigenvalue weighted by atomic mass is 9.81. The Kier molecular flexibility index (Phi) is 4.34. The van der Waals surface area contributed by atoms with Crippen LogP contribution in [-0.2, 0) is 5.41 Å². The molecule has 0 amide bonds. The first-order valence-corrected chi connectivity index (χ1v) is 13.3. The van der Waals surface area contributed by atoms with E-state index < -0.39 is 0 Å². The van der Waals surface area contributed by atoms with Gasteiger partial charge >= 0.3 is 5.84 Å². The number of nitrogens with zero attached hydrogens (tertiary/aromatic N) is 2. The molecule has 3 heteroatoms. The fourth-order valence-electron chi connectivity index (χ4n) is 6.72. The van der Waals surface area contributed by atoms with Crippen molar-refractivity contribution in [2.24, 2.45) is 0 Å². The predicted molar refractivity (Wildman–Crippen MR) is 156 cm³/mol. The van der Waals surface area contributed by atoms with Crippen LogP contribution in [0.15, 0.2) is 121 Å². The number of hydrogen-bond donors (Lipinski definition) is 1. The quantitative estimate of drug-likeness (QED) is 0.253. The molecular formula is C35H28N3+. The van der Waals surface area contributed by atoms with E-state index in [1.54, 1.807) is 0 Å². The van der Waals surface area contributed by atoms with E-state index in [1.807, 2.05) is 0 Å². The van der Waals surface area contributed by atoms with E-state index in [1.165, 1.54) is 55.2 Å². The fraction of sp³-hybridized carbons (Fsp3) is 0.114. The minimum atomic E-state index is -0.120. The van der Waals surface area contributed by atoms with E-state index in [4.69, 9.17) is 0 Å². The summed E-state index contributed by atoms with van der Waals surface area (Å²) >= 11 is 0. The van der Waals surface area contributed by atoms with Gasteiger partial charge in [-0.2, -0.15) is 4.68 Å². The molecule has 182 valence electrons. The summed E-state index contributed by atoms with van der Waals surface area (Å²) in [5, 5.41) is 6.39. The standard InChI is InChI=1S/C35H27N3/c1-35(2)29-19-11-9-17-25(29)27-21-22-28-26-18-10-12-20-30(26)37(32(28)31(27)35)38-33(23-13-5-3-6-14-23)36-34(38)24-15-7-4-8-16-24/h3-22,33H,1-2H3/p+1. The Bertz CT molecular complexity index is 1910. The van der Waals surface area contributed by atoms with Crippen LogP contribution < -0.4 is 5.32 Å². The van der Waals surface area contributed by atoms with E-state index >= 15 is 0 Å². The van der Waals surface area contributed by atoms with Crippen LogP contribution in [0.5, 0.6) is 0 Å². The average molecular weight is 491 g/mol. The summed E-state index contributed by atoms with van der Waals surface area (Å²) in [7, 11) is 0. The van der Waals surface area contributed by atoms with Crippen molar-refractivity contribution in [1.29, 1.82) is 0 Å². The molecule has 5 aromatic carbocycles. The number of aromatic nitrogens is 1. The van der Waals surface area contributed by atoms with Crippen molar-refractivity contribution in [1.82, 2.24) is 9.99 Å². The van der Waals surface area contributed by atoms with Crippen LogP contribution in [0.2, 0.25) is 0 Å². The van der Waals surface area contributed by atoms with Crippen molar-refractivity contribution in [2.45, 2.75) is 25.4 Å². The van der Waals surface area contributed by atoms with E-state index in [-0.39, 0.29) is 11.6 Å². The Morgan fingerprint density at radius 3 is 2.16 bits per heavy atom. The lowest BCUT2D eigenvalue weighted by Crippen LogP contribution is -2.55. The third kappa shape index (κ3) is 2.76. The molecular weight excluding hydrogens is 462 g/mol. The summed E-state index contributed by atoms with van der Waals surface area (Å²) < 4.78 is 4.96. The van der Waals surface area contributed by atoms with E-state index in [2.05, 4.69) is 150 Å². The highest BCUT2D eigenvalue weighted by atomic mass is 15.6. The molecule has 1 aromatic heterocycles. The van der Waals surface area contributed by atoms with Crippen molar-refractivity contribution in [2.75, 3.05) is 0 Å². The summed E-state index contributed by atoms with van der Waals surface area (Å²) in [6.45, 7) is 4.76. The van der Waals surface area contributed by atoms with Gasteiger partial charge in [0, 0.05) is 21.8 Å². The SMILES string of the molecule is CC1(C)c2ccccc2-c2ccc3c4ccccc4n([N+]4=C(c5ccccc5)NC4c4ccccc4)c3c21. The average Bonchev–Trinajstić information content (AvgIpc) is 3.39. The van der Waals surface area contributed by atoms with Crippen LogP contribution in [0.1, 0.15) is 42.3 Å². The van der Waals surface area contributed by atoms with Crippen molar-refractivity contribution in [3.8, 4) is 11.1 Å². The Labute approximate surface area is 222 Å². The van der Waals surface area contributed by atoms with Crippen LogP contribution in [0.4, 0.5) is 0 Å².